The third kappa shape index (κ3) is 3.38. The van der Waals surface area contributed by atoms with Crippen LogP contribution in [-0.2, 0) is 0 Å². The number of H-pyrrole nitrogens is 1. The van der Waals surface area contributed by atoms with Crippen molar-refractivity contribution >= 4 is 10.9 Å². The van der Waals surface area contributed by atoms with Crippen molar-refractivity contribution in [3.63, 3.8) is 0 Å². The Balaban J connectivity index is 1.48. The second-order valence-corrected chi connectivity index (χ2v) is 7.96. The molecule has 3 atom stereocenters. The van der Waals surface area contributed by atoms with Gasteiger partial charge in [0.1, 0.15) is 5.75 Å². The molecule has 2 aliphatic carbocycles. The number of pyridine rings is 1. The summed E-state index contributed by atoms with van der Waals surface area (Å²) in [6.07, 6.45) is 8.57. The van der Waals surface area contributed by atoms with Crippen molar-refractivity contribution in [2.24, 2.45) is 11.8 Å². The molecule has 2 saturated carbocycles. The number of nitrogens with one attached hydrogen (secondary N) is 2. The molecule has 0 saturated heterocycles. The third-order valence-electron chi connectivity index (χ3n) is 6.41. The maximum absolute atomic E-state index is 11.5. The molecule has 4 rings (SSSR count). The van der Waals surface area contributed by atoms with Gasteiger partial charge < -0.3 is 20.5 Å². The Bertz CT molecular complexity index is 826. The van der Waals surface area contributed by atoms with Crippen LogP contribution in [0.4, 0.5) is 0 Å². The predicted molar refractivity (Wildman–Crippen MR) is 102 cm³/mol. The summed E-state index contributed by atoms with van der Waals surface area (Å²) in [5.74, 6) is 1.63. The van der Waals surface area contributed by atoms with Gasteiger partial charge >= 0.3 is 0 Å². The average molecular weight is 356 g/mol. The Hall–Kier alpha value is -1.85. The summed E-state index contributed by atoms with van der Waals surface area (Å²) in [7, 11) is 0. The van der Waals surface area contributed by atoms with Crippen LogP contribution >= 0.6 is 0 Å². The second-order valence-electron chi connectivity index (χ2n) is 7.96. The summed E-state index contributed by atoms with van der Waals surface area (Å²) in [5, 5.41) is 25.1. The molecule has 0 bridgehead atoms. The smallest absolute Gasteiger partial charge is 0.248 e. The summed E-state index contributed by atoms with van der Waals surface area (Å²) in [5.41, 5.74) is 0.860. The van der Waals surface area contributed by atoms with Gasteiger partial charge in [-0.3, -0.25) is 4.79 Å². The highest BCUT2D eigenvalue weighted by Gasteiger charge is 2.34. The molecule has 2 aliphatic rings. The number of aliphatic hydroxyl groups is 1. The number of aliphatic hydroxyl groups excluding tert-OH is 1. The van der Waals surface area contributed by atoms with Crippen LogP contribution in [0.25, 0.3) is 10.9 Å². The van der Waals surface area contributed by atoms with Crippen LogP contribution in [0.5, 0.6) is 5.75 Å². The Morgan fingerprint density at radius 1 is 1.08 bits per heavy atom. The molecule has 1 aromatic heterocycles. The van der Waals surface area contributed by atoms with Crippen LogP contribution in [0.2, 0.25) is 0 Å². The number of hydrogen-bond donors (Lipinski definition) is 4. The Morgan fingerprint density at radius 2 is 1.88 bits per heavy atom. The number of aromatic amines is 1. The fourth-order valence-electron chi connectivity index (χ4n) is 5.11. The minimum absolute atomic E-state index is 0.0266. The minimum Gasteiger partial charge on any atom is -0.506 e. The van der Waals surface area contributed by atoms with Crippen LogP contribution in [0.3, 0.4) is 0 Å². The van der Waals surface area contributed by atoms with E-state index in [4.69, 9.17) is 0 Å². The molecule has 2 aromatic rings. The van der Waals surface area contributed by atoms with E-state index >= 15 is 0 Å². The Morgan fingerprint density at radius 3 is 2.69 bits per heavy atom. The molecular weight excluding hydrogens is 328 g/mol. The summed E-state index contributed by atoms with van der Waals surface area (Å²) < 4.78 is 0. The molecule has 26 heavy (non-hydrogen) atoms. The number of aromatic hydroxyl groups is 1. The first-order valence-corrected chi connectivity index (χ1v) is 9.90. The summed E-state index contributed by atoms with van der Waals surface area (Å²) >= 11 is 0. The molecule has 0 amide bonds. The van der Waals surface area contributed by atoms with Crippen molar-refractivity contribution in [3.8, 4) is 5.75 Å². The van der Waals surface area contributed by atoms with Crippen LogP contribution in [0, 0.1) is 11.8 Å². The monoisotopic (exact) mass is 356 g/mol. The van der Waals surface area contributed by atoms with Crippen molar-refractivity contribution in [1.82, 2.24) is 10.3 Å². The lowest BCUT2D eigenvalue weighted by Gasteiger charge is -2.27. The van der Waals surface area contributed by atoms with E-state index in [0.29, 0.717) is 23.5 Å². The highest BCUT2D eigenvalue weighted by Crippen LogP contribution is 2.40. The highest BCUT2D eigenvalue weighted by atomic mass is 16.3. The number of benzene rings is 1. The molecule has 140 valence electrons. The Kier molecular flexibility index (Phi) is 5.00. The van der Waals surface area contributed by atoms with Crippen molar-refractivity contribution in [2.75, 3.05) is 6.54 Å². The van der Waals surface area contributed by atoms with Crippen LogP contribution in [-0.4, -0.2) is 27.8 Å². The Labute approximate surface area is 153 Å². The van der Waals surface area contributed by atoms with Crippen molar-refractivity contribution < 1.29 is 10.2 Å². The number of aromatic nitrogens is 1. The molecular formula is C21H28N2O3. The van der Waals surface area contributed by atoms with E-state index in [-0.39, 0.29) is 11.3 Å². The van der Waals surface area contributed by atoms with Gasteiger partial charge in [0, 0.05) is 24.0 Å². The molecule has 0 radical (unpaired) electrons. The largest absolute Gasteiger partial charge is 0.506 e. The average Bonchev–Trinajstić information content (AvgIpc) is 3.31. The fraction of sp³-hybridized carbons (Fsp3) is 0.571. The first kappa shape index (κ1) is 17.6. The van der Waals surface area contributed by atoms with Gasteiger partial charge in [-0.25, -0.2) is 0 Å². The lowest BCUT2D eigenvalue weighted by atomic mass is 9.86. The topological polar surface area (TPSA) is 85.3 Å². The van der Waals surface area contributed by atoms with Gasteiger partial charge in [0.25, 0.3) is 0 Å². The first-order valence-electron chi connectivity index (χ1n) is 9.90. The standard InChI is InChI=1S/C21H28N2O3/c24-18-10-8-15(16-9-11-20(26)23-21(16)18)19(25)12-22-17-7-3-6-14(17)13-4-1-2-5-13/h8-11,13-14,17,19,22,24-25H,1-7,12H2,(H,23,26)/t14?,17-,19+/m1/s1. The van der Waals surface area contributed by atoms with Crippen molar-refractivity contribution in [3.05, 3.63) is 40.2 Å². The zero-order valence-electron chi connectivity index (χ0n) is 15.1. The fourth-order valence-corrected chi connectivity index (χ4v) is 5.11. The summed E-state index contributed by atoms with van der Waals surface area (Å²) in [6, 6.07) is 6.87. The molecule has 0 spiro atoms. The molecule has 1 unspecified atom stereocenters. The van der Waals surface area contributed by atoms with E-state index in [1.165, 1.54) is 57.1 Å². The summed E-state index contributed by atoms with van der Waals surface area (Å²) in [4.78, 5) is 14.2. The van der Waals surface area contributed by atoms with Gasteiger partial charge in [-0.1, -0.05) is 38.2 Å². The van der Waals surface area contributed by atoms with Gasteiger partial charge in [-0.15, -0.1) is 0 Å². The highest BCUT2D eigenvalue weighted by molar-refractivity contribution is 5.87. The van der Waals surface area contributed by atoms with Gasteiger partial charge in [0.15, 0.2) is 0 Å². The maximum atomic E-state index is 11.5. The minimum atomic E-state index is -0.672. The molecule has 5 nitrogen and oxygen atoms in total. The number of rotatable bonds is 5. The lowest BCUT2D eigenvalue weighted by molar-refractivity contribution is 0.162. The predicted octanol–water partition coefficient (Wildman–Crippen LogP) is 3.22. The van der Waals surface area contributed by atoms with E-state index < -0.39 is 6.10 Å². The first-order chi connectivity index (χ1) is 12.6. The zero-order chi connectivity index (χ0) is 18.1. The number of phenolic OH excluding ortho intramolecular Hbond substituents is 1. The zero-order valence-corrected chi connectivity index (χ0v) is 15.1. The second kappa shape index (κ2) is 7.41. The van der Waals surface area contributed by atoms with E-state index in [2.05, 4.69) is 10.3 Å². The van der Waals surface area contributed by atoms with E-state index in [0.717, 1.165) is 17.4 Å². The third-order valence-corrected chi connectivity index (χ3v) is 6.41. The van der Waals surface area contributed by atoms with Gasteiger partial charge in [-0.2, -0.15) is 0 Å². The quantitative estimate of drug-likeness (QED) is 0.663. The maximum Gasteiger partial charge on any atom is 0.248 e. The molecule has 1 heterocycles. The van der Waals surface area contributed by atoms with Crippen LogP contribution < -0.4 is 10.9 Å². The van der Waals surface area contributed by atoms with Gasteiger partial charge in [0.05, 0.1) is 11.6 Å². The normalized spacial score (nSPS) is 25.1. The van der Waals surface area contributed by atoms with Crippen LogP contribution in [0.15, 0.2) is 29.1 Å². The molecule has 2 fully saturated rings. The van der Waals surface area contributed by atoms with E-state index in [1.807, 2.05) is 0 Å². The molecule has 4 N–H and O–H groups in total. The van der Waals surface area contributed by atoms with Crippen molar-refractivity contribution in [2.45, 2.75) is 57.1 Å². The molecule has 0 aliphatic heterocycles. The van der Waals surface area contributed by atoms with E-state index in [1.54, 1.807) is 12.1 Å². The SMILES string of the molecule is O=c1ccc2c([C@@H](O)CN[C@@H]3CCCC3C3CCCC3)ccc(O)c2[nH]1. The summed E-state index contributed by atoms with van der Waals surface area (Å²) in [6.45, 7) is 0.493. The molecule has 5 heteroatoms. The number of fused-ring (bicyclic) bond motifs is 1. The lowest BCUT2D eigenvalue weighted by Crippen LogP contribution is -2.37. The van der Waals surface area contributed by atoms with E-state index in [9.17, 15) is 15.0 Å². The van der Waals surface area contributed by atoms with Crippen molar-refractivity contribution in [1.29, 1.82) is 0 Å². The van der Waals surface area contributed by atoms with Gasteiger partial charge in [0.2, 0.25) is 5.56 Å². The number of phenols is 1. The molecule has 1 aromatic carbocycles. The number of hydrogen-bond acceptors (Lipinski definition) is 4. The van der Waals surface area contributed by atoms with Gasteiger partial charge in [-0.05, 0) is 42.4 Å². The van der Waals surface area contributed by atoms with Crippen LogP contribution in [0.1, 0.15) is 56.6 Å².